The van der Waals surface area contributed by atoms with Crippen LogP contribution in [-0.4, -0.2) is 47.9 Å². The minimum Gasteiger partial charge on any atom is -0.273 e. The van der Waals surface area contributed by atoms with Crippen LogP contribution in [0.15, 0.2) is 109 Å². The highest BCUT2D eigenvalue weighted by molar-refractivity contribution is 6.31. The number of amides is 4. The van der Waals surface area contributed by atoms with E-state index in [1.54, 1.807) is 72.8 Å². The molecule has 6 atom stereocenters. The topological polar surface area (TPSA) is 99.7 Å². The van der Waals surface area contributed by atoms with E-state index in [1.807, 2.05) is 36.4 Å². The van der Waals surface area contributed by atoms with E-state index in [-0.39, 0.29) is 0 Å². The number of carbonyl (C=O) groups excluding carboxylic acids is 4. The van der Waals surface area contributed by atoms with Gasteiger partial charge in [-0.3, -0.25) is 28.9 Å². The summed E-state index contributed by atoms with van der Waals surface area (Å²) in [7, 11) is 0. The average Bonchev–Trinajstić information content (AvgIpc) is 3.78. The van der Waals surface area contributed by atoms with Gasteiger partial charge in [-0.2, -0.15) is 0 Å². The monoisotopic (exact) mass is 654 g/mol. The number of carbonyl (C=O) groups is 4. The van der Waals surface area contributed by atoms with Gasteiger partial charge in [0.2, 0.25) is 11.8 Å². The summed E-state index contributed by atoms with van der Waals surface area (Å²) in [6.07, 6.45) is -2.38. The fourth-order valence-electron chi connectivity index (χ4n) is 6.89. The Balaban J connectivity index is 1.27. The molecule has 0 saturated carbocycles. The molecular weight excluding hydrogens is 631 g/mol. The second kappa shape index (κ2) is 11.0. The van der Waals surface area contributed by atoms with E-state index in [1.165, 1.54) is 10.1 Å². The molecule has 0 bridgehead atoms. The van der Waals surface area contributed by atoms with Gasteiger partial charge >= 0.3 is 0 Å². The summed E-state index contributed by atoms with van der Waals surface area (Å²) in [5.74, 6) is -4.17. The van der Waals surface area contributed by atoms with Crippen molar-refractivity contribution in [2.75, 3.05) is 19.9 Å². The molecule has 0 aliphatic carbocycles. The van der Waals surface area contributed by atoms with Crippen LogP contribution in [0.25, 0.3) is 0 Å². The number of imide groups is 2. The summed E-state index contributed by atoms with van der Waals surface area (Å²) in [4.78, 5) is 71.5. The van der Waals surface area contributed by atoms with Gasteiger partial charge in [-0.15, -0.1) is 0 Å². The molecule has 4 saturated heterocycles. The van der Waals surface area contributed by atoms with Crippen LogP contribution in [0.5, 0.6) is 0 Å². The number of hydroxylamine groups is 2. The lowest BCUT2D eigenvalue weighted by Crippen LogP contribution is -2.55. The zero-order valence-electron chi connectivity index (χ0n) is 23.9. The number of hydrogen-bond donors (Lipinski definition) is 0. The quantitative estimate of drug-likeness (QED) is 0.276. The van der Waals surface area contributed by atoms with Gasteiger partial charge in [-0.1, -0.05) is 59.6 Å². The minimum atomic E-state index is -1.19. The third kappa shape index (κ3) is 4.33. The third-order valence-electron chi connectivity index (χ3n) is 8.86. The fraction of sp³-hybridized carbons (Fsp3) is 0.176. The molecular formula is C34H24Cl2N4O6. The van der Waals surface area contributed by atoms with E-state index >= 15 is 0 Å². The first-order chi connectivity index (χ1) is 22.3. The molecule has 10 nitrogen and oxygen atoms in total. The maximum absolute atomic E-state index is 14.4. The van der Waals surface area contributed by atoms with Gasteiger partial charge in [0.05, 0.1) is 34.8 Å². The van der Waals surface area contributed by atoms with Crippen LogP contribution in [-0.2, 0) is 28.9 Å². The molecule has 0 spiro atoms. The van der Waals surface area contributed by atoms with Crippen LogP contribution in [0.1, 0.15) is 0 Å². The zero-order chi connectivity index (χ0) is 31.7. The number of rotatable bonds is 5. The molecule has 4 aliphatic heterocycles. The summed E-state index contributed by atoms with van der Waals surface area (Å²) < 4.78 is 0. The van der Waals surface area contributed by atoms with Gasteiger partial charge in [0.1, 0.15) is 11.8 Å². The van der Waals surface area contributed by atoms with Gasteiger partial charge < -0.3 is 0 Å². The maximum Gasteiger partial charge on any atom is 0.266 e. The summed E-state index contributed by atoms with van der Waals surface area (Å²) >= 11 is 12.2. The smallest absolute Gasteiger partial charge is 0.266 e. The Labute approximate surface area is 273 Å². The first-order valence-electron chi connectivity index (χ1n) is 14.6. The molecule has 4 fully saturated rings. The molecule has 12 heteroatoms. The summed E-state index contributed by atoms with van der Waals surface area (Å²) in [6, 6.07) is 29.0. The SMILES string of the molecule is O=C1C2ON(c3ccccc3)C(C3C4C(=O)N(c5ccc(Cl)cc5)C(=O)C4ON3c3ccccc3)C2C(=O)N1c1ccc(Cl)cc1. The Kier molecular flexibility index (Phi) is 6.84. The predicted octanol–water partition coefficient (Wildman–Crippen LogP) is 5.05. The second-order valence-corrected chi connectivity index (χ2v) is 12.3. The van der Waals surface area contributed by atoms with Crippen LogP contribution in [0, 0.1) is 11.8 Å². The van der Waals surface area contributed by atoms with Gasteiger partial charge in [0, 0.05) is 10.0 Å². The maximum atomic E-state index is 14.4. The van der Waals surface area contributed by atoms with Gasteiger partial charge in [0.15, 0.2) is 12.2 Å². The molecule has 4 amide bonds. The standard InChI is InChI=1S/C34H24Cl2N4O6/c35-19-11-15-21(16-12-19)37-31(41)25-27(39(45-29(25)33(37)43)23-7-3-1-4-8-23)28-26-30(46-40(28)24-9-5-2-6-10-24)34(44)38(32(26)42)22-17-13-20(36)14-18-22/h1-18,25-30H. The highest BCUT2D eigenvalue weighted by atomic mass is 35.5. The molecule has 0 N–H and O–H groups in total. The number of anilines is 4. The van der Waals surface area contributed by atoms with Crippen molar-refractivity contribution in [3.63, 3.8) is 0 Å². The van der Waals surface area contributed by atoms with Crippen molar-refractivity contribution >= 4 is 69.6 Å². The Morgan fingerprint density at radius 1 is 0.435 bits per heavy atom. The molecule has 46 heavy (non-hydrogen) atoms. The van der Waals surface area contributed by atoms with Crippen LogP contribution in [0.2, 0.25) is 10.0 Å². The zero-order valence-corrected chi connectivity index (χ0v) is 25.4. The van der Waals surface area contributed by atoms with Crippen LogP contribution in [0.4, 0.5) is 22.7 Å². The normalized spacial score (nSPS) is 27.2. The lowest BCUT2D eigenvalue weighted by atomic mass is 9.82. The van der Waals surface area contributed by atoms with Crippen molar-refractivity contribution in [3.8, 4) is 0 Å². The number of halogens is 2. The van der Waals surface area contributed by atoms with Gasteiger partial charge in [0.25, 0.3) is 11.8 Å². The van der Waals surface area contributed by atoms with Crippen LogP contribution < -0.4 is 19.9 Å². The molecule has 4 heterocycles. The molecule has 230 valence electrons. The van der Waals surface area contributed by atoms with E-state index < -0.39 is 59.8 Å². The van der Waals surface area contributed by atoms with Crippen molar-refractivity contribution < 1.29 is 28.9 Å². The average molecular weight is 655 g/mol. The predicted molar refractivity (Wildman–Crippen MR) is 170 cm³/mol. The number of fused-ring (bicyclic) bond motifs is 2. The molecule has 4 aromatic carbocycles. The molecule has 0 aromatic heterocycles. The number of para-hydroxylation sites is 2. The Morgan fingerprint density at radius 2 is 0.783 bits per heavy atom. The number of hydrogen-bond acceptors (Lipinski definition) is 8. The Hall–Kier alpha value is -4.74. The first-order valence-corrected chi connectivity index (χ1v) is 15.4. The van der Waals surface area contributed by atoms with Crippen molar-refractivity contribution in [3.05, 3.63) is 119 Å². The van der Waals surface area contributed by atoms with E-state index in [0.29, 0.717) is 32.8 Å². The first kappa shape index (κ1) is 28.7. The number of benzene rings is 4. The van der Waals surface area contributed by atoms with E-state index in [4.69, 9.17) is 32.9 Å². The Morgan fingerprint density at radius 3 is 1.13 bits per heavy atom. The lowest BCUT2D eigenvalue weighted by Gasteiger charge is -2.37. The highest BCUT2D eigenvalue weighted by Crippen LogP contribution is 2.49. The van der Waals surface area contributed by atoms with Crippen molar-refractivity contribution in [2.45, 2.75) is 24.3 Å². The minimum absolute atomic E-state index is 0.351. The lowest BCUT2D eigenvalue weighted by molar-refractivity contribution is -0.128. The van der Waals surface area contributed by atoms with Crippen LogP contribution in [0.3, 0.4) is 0 Å². The molecule has 0 radical (unpaired) electrons. The largest absolute Gasteiger partial charge is 0.273 e. The molecule has 4 aliphatic rings. The summed E-state index contributed by atoms with van der Waals surface area (Å²) in [6.45, 7) is 0. The van der Waals surface area contributed by atoms with Gasteiger partial charge in [-0.05, 0) is 72.8 Å². The third-order valence-corrected chi connectivity index (χ3v) is 9.37. The molecule has 4 aromatic rings. The highest BCUT2D eigenvalue weighted by Gasteiger charge is 2.69. The number of nitrogens with zero attached hydrogens (tertiary/aromatic N) is 4. The van der Waals surface area contributed by atoms with E-state index in [9.17, 15) is 19.2 Å². The Bertz CT molecular complexity index is 1720. The van der Waals surface area contributed by atoms with Crippen molar-refractivity contribution in [2.24, 2.45) is 11.8 Å². The molecule has 8 rings (SSSR count). The molecule has 6 unspecified atom stereocenters. The van der Waals surface area contributed by atoms with Gasteiger partial charge in [-0.25, -0.2) is 19.9 Å². The fourth-order valence-corrected chi connectivity index (χ4v) is 7.14. The second-order valence-electron chi connectivity index (χ2n) is 11.4. The summed E-state index contributed by atoms with van der Waals surface area (Å²) in [5.41, 5.74) is 1.85. The van der Waals surface area contributed by atoms with Crippen molar-refractivity contribution in [1.82, 2.24) is 0 Å². The summed E-state index contributed by atoms with van der Waals surface area (Å²) in [5, 5.41) is 3.96. The van der Waals surface area contributed by atoms with E-state index in [2.05, 4.69) is 0 Å². The van der Waals surface area contributed by atoms with Crippen molar-refractivity contribution in [1.29, 1.82) is 0 Å². The van der Waals surface area contributed by atoms with Crippen LogP contribution >= 0.6 is 23.2 Å². The van der Waals surface area contributed by atoms with E-state index in [0.717, 1.165) is 9.80 Å².